The lowest BCUT2D eigenvalue weighted by Crippen LogP contribution is -2.17. The van der Waals surface area contributed by atoms with Gasteiger partial charge in [0.2, 0.25) is 0 Å². The molecule has 1 atom stereocenters. The van der Waals surface area contributed by atoms with Gasteiger partial charge in [-0.25, -0.2) is 4.52 Å². The molecular weight excluding hydrogens is 222 g/mol. The van der Waals surface area contributed by atoms with Crippen molar-refractivity contribution in [1.29, 1.82) is 0 Å². The Morgan fingerprint density at radius 2 is 2.11 bits per heavy atom. The van der Waals surface area contributed by atoms with Gasteiger partial charge in [-0.1, -0.05) is 13.8 Å². The smallest absolute Gasteiger partial charge is 0.0716 e. The van der Waals surface area contributed by atoms with Crippen LogP contribution in [0.2, 0.25) is 0 Å². The topological polar surface area (TPSA) is 20.5 Å². The number of aromatic nitrogens is 2. The highest BCUT2D eigenvalue weighted by molar-refractivity contribution is 5.64. The van der Waals surface area contributed by atoms with Crippen molar-refractivity contribution in [2.24, 2.45) is 0 Å². The number of hydrogen-bond acceptors (Lipinski definition) is 2. The first-order valence-electron chi connectivity index (χ1n) is 7.02. The molecule has 1 fully saturated rings. The van der Waals surface area contributed by atoms with Crippen molar-refractivity contribution in [3.63, 3.8) is 0 Å². The molecule has 2 aromatic rings. The maximum Gasteiger partial charge on any atom is 0.0716 e. The molecule has 0 amide bonds. The molecule has 1 aliphatic rings. The molecule has 3 nitrogen and oxygen atoms in total. The molecule has 1 aliphatic heterocycles. The van der Waals surface area contributed by atoms with E-state index in [9.17, 15) is 0 Å². The van der Waals surface area contributed by atoms with Crippen molar-refractivity contribution in [2.75, 3.05) is 18.0 Å². The van der Waals surface area contributed by atoms with Crippen LogP contribution in [0, 0.1) is 0 Å². The Balaban J connectivity index is 2.03. The Hall–Kier alpha value is -1.51. The third kappa shape index (κ3) is 1.88. The number of hydrogen-bond donors (Lipinski definition) is 0. The van der Waals surface area contributed by atoms with E-state index in [-0.39, 0.29) is 0 Å². The van der Waals surface area contributed by atoms with Crippen LogP contribution >= 0.6 is 0 Å². The molecule has 0 aromatic carbocycles. The number of fused-ring (bicyclic) bond motifs is 1. The van der Waals surface area contributed by atoms with E-state index >= 15 is 0 Å². The van der Waals surface area contributed by atoms with Gasteiger partial charge in [-0.3, -0.25) is 0 Å². The lowest BCUT2D eigenvalue weighted by Gasteiger charge is -2.18. The van der Waals surface area contributed by atoms with Crippen molar-refractivity contribution in [2.45, 2.75) is 39.0 Å². The molecule has 1 saturated heterocycles. The van der Waals surface area contributed by atoms with Crippen molar-refractivity contribution in [1.82, 2.24) is 9.61 Å². The molecule has 0 aliphatic carbocycles. The first-order valence-corrected chi connectivity index (χ1v) is 7.02. The third-order valence-corrected chi connectivity index (χ3v) is 4.15. The van der Waals surface area contributed by atoms with E-state index in [0.29, 0.717) is 5.92 Å². The molecule has 3 heteroatoms. The SMILES string of the molecule is CCC(C)c1cnn2ccc(N3CCCC3)cc12. The maximum atomic E-state index is 4.45. The highest BCUT2D eigenvalue weighted by atomic mass is 15.2. The summed E-state index contributed by atoms with van der Waals surface area (Å²) in [7, 11) is 0. The van der Waals surface area contributed by atoms with Gasteiger partial charge in [0.25, 0.3) is 0 Å². The van der Waals surface area contributed by atoms with Crippen molar-refractivity contribution < 1.29 is 0 Å². The van der Waals surface area contributed by atoms with Crippen molar-refractivity contribution >= 4 is 11.2 Å². The normalized spacial score (nSPS) is 17.6. The van der Waals surface area contributed by atoms with Gasteiger partial charge < -0.3 is 4.90 Å². The largest absolute Gasteiger partial charge is 0.371 e. The molecule has 2 aromatic heterocycles. The second-order valence-corrected chi connectivity index (χ2v) is 5.32. The lowest BCUT2D eigenvalue weighted by molar-refractivity contribution is 0.739. The quantitative estimate of drug-likeness (QED) is 0.823. The summed E-state index contributed by atoms with van der Waals surface area (Å²) in [6.07, 6.45) is 7.92. The summed E-state index contributed by atoms with van der Waals surface area (Å²) in [6.45, 7) is 6.91. The predicted octanol–water partition coefficient (Wildman–Crippen LogP) is 3.45. The fraction of sp³-hybridized carbons (Fsp3) is 0.533. The van der Waals surface area contributed by atoms with Crippen LogP contribution in [0.4, 0.5) is 5.69 Å². The predicted molar refractivity (Wildman–Crippen MR) is 75.3 cm³/mol. The summed E-state index contributed by atoms with van der Waals surface area (Å²) in [5.74, 6) is 0.580. The third-order valence-electron chi connectivity index (χ3n) is 4.15. The number of anilines is 1. The Morgan fingerprint density at radius 3 is 2.83 bits per heavy atom. The van der Waals surface area contributed by atoms with Crippen LogP contribution in [0.3, 0.4) is 0 Å². The van der Waals surface area contributed by atoms with Crippen LogP contribution in [0.1, 0.15) is 44.6 Å². The van der Waals surface area contributed by atoms with E-state index < -0.39 is 0 Å². The summed E-state index contributed by atoms with van der Waals surface area (Å²) in [6, 6.07) is 4.49. The van der Waals surface area contributed by atoms with Crippen LogP contribution in [0.15, 0.2) is 24.5 Å². The maximum absolute atomic E-state index is 4.45. The summed E-state index contributed by atoms with van der Waals surface area (Å²) >= 11 is 0. The highest BCUT2D eigenvalue weighted by Gasteiger charge is 2.15. The van der Waals surface area contributed by atoms with Crippen LogP contribution in [0.25, 0.3) is 5.52 Å². The Kier molecular flexibility index (Phi) is 2.98. The van der Waals surface area contributed by atoms with Gasteiger partial charge >= 0.3 is 0 Å². The highest BCUT2D eigenvalue weighted by Crippen LogP contribution is 2.27. The van der Waals surface area contributed by atoms with Crippen LogP contribution in [0.5, 0.6) is 0 Å². The molecule has 0 radical (unpaired) electrons. The van der Waals surface area contributed by atoms with Gasteiger partial charge in [-0.05, 0) is 37.3 Å². The second kappa shape index (κ2) is 4.63. The Morgan fingerprint density at radius 1 is 1.33 bits per heavy atom. The van der Waals surface area contributed by atoms with Gasteiger partial charge in [0.05, 0.1) is 11.7 Å². The molecule has 3 rings (SSSR count). The van der Waals surface area contributed by atoms with Gasteiger partial charge in [0.15, 0.2) is 0 Å². The molecule has 18 heavy (non-hydrogen) atoms. The van der Waals surface area contributed by atoms with Gasteiger partial charge in [0.1, 0.15) is 0 Å². The van der Waals surface area contributed by atoms with E-state index in [1.54, 1.807) is 0 Å². The Bertz CT molecular complexity index is 538. The molecule has 0 bridgehead atoms. The van der Waals surface area contributed by atoms with E-state index in [4.69, 9.17) is 0 Å². The van der Waals surface area contributed by atoms with Gasteiger partial charge in [-0.15, -0.1) is 0 Å². The van der Waals surface area contributed by atoms with Gasteiger partial charge in [-0.2, -0.15) is 5.10 Å². The van der Waals surface area contributed by atoms with Gasteiger partial charge in [0, 0.05) is 30.5 Å². The van der Waals surface area contributed by atoms with Crippen molar-refractivity contribution in [3.8, 4) is 0 Å². The average Bonchev–Trinajstić information content (AvgIpc) is 3.06. The van der Waals surface area contributed by atoms with E-state index in [1.165, 1.54) is 42.7 Å². The summed E-state index contributed by atoms with van der Waals surface area (Å²) in [5.41, 5.74) is 4.00. The minimum Gasteiger partial charge on any atom is -0.371 e. The molecular formula is C15H21N3. The number of rotatable bonds is 3. The van der Waals surface area contributed by atoms with Crippen LogP contribution in [-0.4, -0.2) is 22.7 Å². The fourth-order valence-corrected chi connectivity index (χ4v) is 2.76. The lowest BCUT2D eigenvalue weighted by atomic mass is 10.0. The number of nitrogens with zero attached hydrogens (tertiary/aromatic N) is 3. The molecule has 1 unspecified atom stereocenters. The van der Waals surface area contributed by atoms with Crippen molar-refractivity contribution in [3.05, 3.63) is 30.1 Å². The molecule has 0 saturated carbocycles. The average molecular weight is 243 g/mol. The van der Waals surface area contributed by atoms with E-state index in [2.05, 4.69) is 42.2 Å². The Labute approximate surface area is 108 Å². The molecule has 3 heterocycles. The van der Waals surface area contributed by atoms with E-state index in [1.807, 2.05) is 10.7 Å². The minimum atomic E-state index is 0.580. The molecule has 0 N–H and O–H groups in total. The first-order chi connectivity index (χ1) is 8.79. The van der Waals surface area contributed by atoms with Crippen LogP contribution in [-0.2, 0) is 0 Å². The zero-order valence-electron chi connectivity index (χ0n) is 11.3. The second-order valence-electron chi connectivity index (χ2n) is 5.32. The summed E-state index contributed by atoms with van der Waals surface area (Å²) < 4.78 is 2.00. The standard InChI is InChI=1S/C15H21N3/c1-3-12(2)14-11-16-18-9-6-13(10-15(14)18)17-7-4-5-8-17/h6,9-12H,3-5,7-8H2,1-2H3. The minimum absolute atomic E-state index is 0.580. The van der Waals surface area contributed by atoms with Crippen LogP contribution < -0.4 is 4.90 Å². The zero-order valence-corrected chi connectivity index (χ0v) is 11.3. The fourth-order valence-electron chi connectivity index (χ4n) is 2.76. The summed E-state index contributed by atoms with van der Waals surface area (Å²) in [5, 5.41) is 4.45. The molecule has 96 valence electrons. The first kappa shape index (κ1) is 11.6. The number of pyridine rings is 1. The van der Waals surface area contributed by atoms with E-state index in [0.717, 1.165) is 6.42 Å². The summed E-state index contributed by atoms with van der Waals surface area (Å²) in [4.78, 5) is 2.48. The monoisotopic (exact) mass is 243 g/mol. The zero-order chi connectivity index (χ0) is 12.5. The molecule has 0 spiro atoms.